The molecule has 0 unspecified atom stereocenters. The molecule has 1 aliphatic rings. The van der Waals surface area contributed by atoms with Gasteiger partial charge < -0.3 is 19.7 Å². The van der Waals surface area contributed by atoms with Crippen LogP contribution in [0.5, 0.6) is 11.5 Å². The molecule has 3 aromatic rings. The number of aromatic nitrogens is 2. The van der Waals surface area contributed by atoms with Gasteiger partial charge in [0.2, 0.25) is 0 Å². The Hall–Kier alpha value is -3.80. The third kappa shape index (κ3) is 4.38. The molecule has 0 spiro atoms. The van der Waals surface area contributed by atoms with E-state index in [1.807, 2.05) is 35.4 Å². The Labute approximate surface area is 169 Å². The van der Waals surface area contributed by atoms with E-state index in [9.17, 15) is 5.11 Å². The number of benzene rings is 2. The minimum absolute atomic E-state index is 0.140. The van der Waals surface area contributed by atoms with Gasteiger partial charge in [-0.1, -0.05) is 18.2 Å². The first-order chi connectivity index (χ1) is 14.2. The molecule has 0 amide bonds. The third-order valence-corrected chi connectivity index (χ3v) is 4.71. The lowest BCUT2D eigenvalue weighted by Crippen LogP contribution is -2.10. The Morgan fingerprint density at radius 2 is 2.17 bits per heavy atom. The van der Waals surface area contributed by atoms with E-state index in [2.05, 4.69) is 39.6 Å². The van der Waals surface area contributed by atoms with Crippen molar-refractivity contribution in [3.8, 4) is 11.5 Å². The van der Waals surface area contributed by atoms with Crippen molar-refractivity contribution >= 4 is 24.1 Å². The minimum Gasteiger partial charge on any atom is -0.504 e. The molecule has 146 valence electrons. The van der Waals surface area contributed by atoms with Gasteiger partial charge in [-0.15, -0.1) is 0 Å². The van der Waals surface area contributed by atoms with Gasteiger partial charge in [-0.2, -0.15) is 0 Å². The van der Waals surface area contributed by atoms with E-state index in [1.54, 1.807) is 24.7 Å². The first-order valence-electron chi connectivity index (χ1n) is 9.31. The molecule has 0 aliphatic carbocycles. The Morgan fingerprint density at radius 1 is 1.24 bits per heavy atom. The number of fused-ring (bicyclic) bond motifs is 1. The van der Waals surface area contributed by atoms with Crippen molar-refractivity contribution in [3.05, 3.63) is 83.6 Å². The average Bonchev–Trinajstić information content (AvgIpc) is 3.26. The second kappa shape index (κ2) is 8.48. The Balaban J connectivity index is 1.50. The maximum Gasteiger partial charge on any atom is 0.160 e. The van der Waals surface area contributed by atoms with Crippen molar-refractivity contribution in [2.24, 2.45) is 4.99 Å². The molecule has 0 atom stereocenters. The number of hydrogen-bond acceptors (Lipinski definition) is 5. The SMILES string of the molecule is COc1ccc(CNC=C2CN=Cc3ccc(C=Cn4ccnc4)cc32)cc1O. The molecule has 1 aliphatic heterocycles. The molecule has 0 saturated carbocycles. The molecule has 0 bridgehead atoms. The highest BCUT2D eigenvalue weighted by atomic mass is 16.5. The van der Waals surface area contributed by atoms with Crippen LogP contribution in [0.3, 0.4) is 0 Å². The van der Waals surface area contributed by atoms with Crippen LogP contribution in [0.4, 0.5) is 0 Å². The second-order valence-corrected chi connectivity index (χ2v) is 6.70. The molecule has 0 radical (unpaired) electrons. The van der Waals surface area contributed by atoms with E-state index < -0.39 is 0 Å². The van der Waals surface area contributed by atoms with E-state index in [0.29, 0.717) is 18.8 Å². The van der Waals surface area contributed by atoms with E-state index in [-0.39, 0.29) is 5.75 Å². The number of aliphatic imine (C=N–C) groups is 1. The number of rotatable bonds is 6. The predicted octanol–water partition coefficient (Wildman–Crippen LogP) is 3.79. The largest absolute Gasteiger partial charge is 0.504 e. The molecule has 2 heterocycles. The summed E-state index contributed by atoms with van der Waals surface area (Å²) in [5, 5.41) is 13.3. The fourth-order valence-corrected chi connectivity index (χ4v) is 3.19. The normalized spacial score (nSPS) is 14.3. The molecular formula is C23H22N4O2. The first-order valence-corrected chi connectivity index (χ1v) is 9.31. The maximum absolute atomic E-state index is 9.92. The van der Waals surface area contributed by atoms with Crippen molar-refractivity contribution in [2.45, 2.75) is 6.54 Å². The fraction of sp³-hybridized carbons (Fsp3) is 0.130. The van der Waals surface area contributed by atoms with Gasteiger partial charge in [0.25, 0.3) is 0 Å². The van der Waals surface area contributed by atoms with Crippen molar-refractivity contribution in [1.29, 1.82) is 0 Å². The highest BCUT2D eigenvalue weighted by molar-refractivity contribution is 5.93. The summed E-state index contributed by atoms with van der Waals surface area (Å²) in [4.78, 5) is 8.50. The number of methoxy groups -OCH3 is 1. The van der Waals surface area contributed by atoms with Gasteiger partial charge >= 0.3 is 0 Å². The molecule has 4 rings (SSSR count). The summed E-state index contributed by atoms with van der Waals surface area (Å²) < 4.78 is 6.99. The second-order valence-electron chi connectivity index (χ2n) is 6.70. The molecule has 1 aromatic heterocycles. The lowest BCUT2D eigenvalue weighted by Gasteiger charge is -2.15. The van der Waals surface area contributed by atoms with Crippen LogP contribution in [0.2, 0.25) is 0 Å². The van der Waals surface area contributed by atoms with Crippen LogP contribution < -0.4 is 10.1 Å². The highest BCUT2D eigenvalue weighted by Crippen LogP contribution is 2.27. The lowest BCUT2D eigenvalue weighted by molar-refractivity contribution is 0.373. The zero-order chi connectivity index (χ0) is 20.1. The molecule has 0 fully saturated rings. The Bertz CT molecular complexity index is 1080. The zero-order valence-corrected chi connectivity index (χ0v) is 16.1. The number of aromatic hydroxyl groups is 1. The van der Waals surface area contributed by atoms with Gasteiger partial charge in [0, 0.05) is 37.6 Å². The molecular weight excluding hydrogens is 364 g/mol. The van der Waals surface area contributed by atoms with Crippen LogP contribution in [-0.4, -0.2) is 34.5 Å². The number of phenolic OH excluding ortho intramolecular Hbond substituents is 1. The maximum atomic E-state index is 9.92. The summed E-state index contributed by atoms with van der Waals surface area (Å²) in [5.41, 5.74) is 5.47. The van der Waals surface area contributed by atoms with Gasteiger partial charge in [-0.25, -0.2) is 4.98 Å². The number of hydrogen-bond donors (Lipinski definition) is 2. The minimum atomic E-state index is 0.140. The summed E-state index contributed by atoms with van der Waals surface area (Å²) in [5.74, 6) is 0.611. The van der Waals surface area contributed by atoms with Crippen LogP contribution in [-0.2, 0) is 6.54 Å². The fourth-order valence-electron chi connectivity index (χ4n) is 3.19. The van der Waals surface area contributed by atoms with Crippen LogP contribution in [0.15, 0.2) is 66.3 Å². The summed E-state index contributed by atoms with van der Waals surface area (Å²) >= 11 is 0. The quantitative estimate of drug-likeness (QED) is 0.676. The van der Waals surface area contributed by atoms with E-state index in [1.165, 1.54) is 7.11 Å². The van der Waals surface area contributed by atoms with Crippen LogP contribution >= 0.6 is 0 Å². The smallest absolute Gasteiger partial charge is 0.160 e. The standard InChI is InChI=1S/C23H22N4O2/c1-29-23-5-3-18(11-22(23)28)12-25-14-20-15-26-13-19-4-2-17(10-21(19)20)6-8-27-9-7-24-16-27/h2-11,13-14,16,25,28H,12,15H2,1H3. The molecule has 2 N–H and O–H groups in total. The first kappa shape index (κ1) is 18.6. The van der Waals surface area contributed by atoms with Crippen molar-refractivity contribution in [1.82, 2.24) is 14.9 Å². The third-order valence-electron chi connectivity index (χ3n) is 4.71. The van der Waals surface area contributed by atoms with Crippen molar-refractivity contribution in [2.75, 3.05) is 13.7 Å². The molecule has 6 nitrogen and oxygen atoms in total. The molecule has 6 heteroatoms. The van der Waals surface area contributed by atoms with Crippen LogP contribution in [0.1, 0.15) is 22.3 Å². The molecule has 29 heavy (non-hydrogen) atoms. The van der Waals surface area contributed by atoms with Gasteiger partial charge in [-0.05, 0) is 52.1 Å². The van der Waals surface area contributed by atoms with Gasteiger partial charge in [0.15, 0.2) is 11.5 Å². The molecule has 2 aromatic carbocycles. The lowest BCUT2D eigenvalue weighted by atomic mass is 9.96. The van der Waals surface area contributed by atoms with E-state index in [4.69, 9.17) is 4.74 Å². The number of phenols is 1. The van der Waals surface area contributed by atoms with Gasteiger partial charge in [-0.3, -0.25) is 4.99 Å². The average molecular weight is 386 g/mol. The van der Waals surface area contributed by atoms with Crippen LogP contribution in [0.25, 0.3) is 17.8 Å². The van der Waals surface area contributed by atoms with Crippen molar-refractivity contribution in [3.63, 3.8) is 0 Å². The van der Waals surface area contributed by atoms with Gasteiger partial charge in [0.05, 0.1) is 20.0 Å². The monoisotopic (exact) mass is 386 g/mol. The summed E-state index contributed by atoms with van der Waals surface area (Å²) in [6, 6.07) is 11.7. The summed E-state index contributed by atoms with van der Waals surface area (Å²) in [6.45, 7) is 1.23. The Kier molecular flexibility index (Phi) is 5.42. The number of nitrogens with zero attached hydrogens (tertiary/aromatic N) is 3. The highest BCUT2D eigenvalue weighted by Gasteiger charge is 2.11. The molecule has 0 saturated heterocycles. The van der Waals surface area contributed by atoms with Crippen LogP contribution in [0, 0.1) is 0 Å². The number of imidazole rings is 1. The van der Waals surface area contributed by atoms with Crippen molar-refractivity contribution < 1.29 is 9.84 Å². The number of nitrogens with one attached hydrogen (secondary N) is 1. The topological polar surface area (TPSA) is 71.7 Å². The predicted molar refractivity (Wildman–Crippen MR) is 116 cm³/mol. The number of ether oxygens (including phenoxy) is 1. The summed E-state index contributed by atoms with van der Waals surface area (Å²) in [6.07, 6.45) is 13.4. The van der Waals surface area contributed by atoms with Gasteiger partial charge in [0.1, 0.15) is 0 Å². The zero-order valence-electron chi connectivity index (χ0n) is 16.1. The van der Waals surface area contributed by atoms with E-state index in [0.717, 1.165) is 27.8 Å². The Morgan fingerprint density at radius 3 is 2.97 bits per heavy atom. The summed E-state index contributed by atoms with van der Waals surface area (Å²) in [7, 11) is 1.54. The van der Waals surface area contributed by atoms with E-state index >= 15 is 0 Å².